The van der Waals surface area contributed by atoms with Crippen LogP contribution in [0.4, 0.5) is 5.69 Å². The number of hydrogen-bond donors (Lipinski definition) is 1. The maximum absolute atomic E-state index is 8.88. The first-order valence-corrected chi connectivity index (χ1v) is 4.79. The fourth-order valence-electron chi connectivity index (χ4n) is 1.64. The fraction of sp³-hybridized carbons (Fsp3) is 0.364. The van der Waals surface area contributed by atoms with Crippen LogP contribution >= 0.6 is 0 Å². The number of aliphatic imine (C=N–C) groups is 1. The predicted molar refractivity (Wildman–Crippen MR) is 56.6 cm³/mol. The van der Waals surface area contributed by atoms with Crippen molar-refractivity contribution < 1.29 is 5.11 Å². The second kappa shape index (κ2) is 4.24. The number of amidine groups is 1. The second-order valence-corrected chi connectivity index (χ2v) is 3.18. The van der Waals surface area contributed by atoms with E-state index in [-0.39, 0.29) is 6.61 Å². The van der Waals surface area contributed by atoms with Crippen molar-refractivity contribution in [3.63, 3.8) is 0 Å². The largest absolute Gasteiger partial charge is 0.396 e. The summed E-state index contributed by atoms with van der Waals surface area (Å²) in [5.41, 5.74) is 1.13. The van der Waals surface area contributed by atoms with Gasteiger partial charge in [-0.25, -0.2) is 0 Å². The summed E-state index contributed by atoms with van der Waals surface area (Å²) >= 11 is 0. The predicted octanol–water partition coefficient (Wildman–Crippen LogP) is 1.09. The highest BCUT2D eigenvalue weighted by Gasteiger charge is 2.17. The van der Waals surface area contributed by atoms with Crippen molar-refractivity contribution >= 4 is 11.5 Å². The third-order valence-corrected chi connectivity index (χ3v) is 2.28. The summed E-state index contributed by atoms with van der Waals surface area (Å²) in [5, 5.41) is 8.88. The van der Waals surface area contributed by atoms with Gasteiger partial charge in [0.25, 0.3) is 0 Å². The fourth-order valence-corrected chi connectivity index (χ4v) is 1.64. The maximum atomic E-state index is 8.88. The topological polar surface area (TPSA) is 35.8 Å². The molecule has 0 fully saturated rings. The zero-order chi connectivity index (χ0) is 9.80. The van der Waals surface area contributed by atoms with Gasteiger partial charge < -0.3 is 10.0 Å². The van der Waals surface area contributed by atoms with Crippen LogP contribution in [0.1, 0.15) is 6.42 Å². The number of aliphatic hydroxyl groups is 1. The molecule has 3 heteroatoms. The van der Waals surface area contributed by atoms with E-state index in [2.05, 4.69) is 16.0 Å². The lowest BCUT2D eigenvalue weighted by atomic mass is 10.2. The Morgan fingerprint density at radius 3 is 2.93 bits per heavy atom. The minimum Gasteiger partial charge on any atom is -0.396 e. The van der Waals surface area contributed by atoms with Crippen LogP contribution in [0.3, 0.4) is 0 Å². The lowest BCUT2D eigenvalue weighted by Crippen LogP contribution is -2.27. The van der Waals surface area contributed by atoms with Gasteiger partial charge in [-0.1, -0.05) is 12.1 Å². The van der Waals surface area contributed by atoms with Crippen molar-refractivity contribution in [2.45, 2.75) is 6.42 Å². The minimum absolute atomic E-state index is 0.161. The van der Waals surface area contributed by atoms with Crippen molar-refractivity contribution in [2.75, 3.05) is 24.6 Å². The maximum Gasteiger partial charge on any atom is 0.106 e. The number of hydrogen-bond acceptors (Lipinski definition) is 3. The highest BCUT2D eigenvalue weighted by atomic mass is 16.3. The van der Waals surface area contributed by atoms with Crippen molar-refractivity contribution in [1.82, 2.24) is 0 Å². The molecule has 0 bridgehead atoms. The molecular formula is C11H13N2O. The van der Waals surface area contributed by atoms with Gasteiger partial charge in [-0.15, -0.1) is 0 Å². The smallest absolute Gasteiger partial charge is 0.106 e. The Kier molecular flexibility index (Phi) is 2.79. The van der Waals surface area contributed by atoms with E-state index in [0.717, 1.165) is 24.6 Å². The molecule has 1 heterocycles. The average Bonchev–Trinajstić information content (AvgIpc) is 2.68. The summed E-state index contributed by atoms with van der Waals surface area (Å²) in [5.74, 6) is 0.985. The van der Waals surface area contributed by atoms with Gasteiger partial charge in [0.2, 0.25) is 0 Å². The van der Waals surface area contributed by atoms with Crippen LogP contribution in [0, 0.1) is 6.07 Å². The average molecular weight is 189 g/mol. The lowest BCUT2D eigenvalue weighted by Gasteiger charge is -2.19. The third-order valence-electron chi connectivity index (χ3n) is 2.28. The van der Waals surface area contributed by atoms with E-state index in [1.54, 1.807) is 0 Å². The zero-order valence-corrected chi connectivity index (χ0v) is 7.98. The molecule has 1 radical (unpaired) electrons. The van der Waals surface area contributed by atoms with E-state index in [4.69, 9.17) is 5.11 Å². The van der Waals surface area contributed by atoms with Gasteiger partial charge in [0.05, 0.1) is 13.2 Å². The van der Waals surface area contributed by atoms with Crippen LogP contribution in [0.2, 0.25) is 0 Å². The van der Waals surface area contributed by atoms with Crippen LogP contribution in [-0.2, 0) is 0 Å². The van der Waals surface area contributed by atoms with Gasteiger partial charge in [-0.2, -0.15) is 0 Å². The number of benzene rings is 1. The number of aliphatic hydroxyl groups excluding tert-OH is 1. The zero-order valence-electron chi connectivity index (χ0n) is 7.98. The van der Waals surface area contributed by atoms with Gasteiger partial charge in [0, 0.05) is 18.7 Å². The molecule has 0 saturated heterocycles. The first-order chi connectivity index (χ1) is 6.92. The summed E-state index contributed by atoms with van der Waals surface area (Å²) < 4.78 is 0. The Bertz CT molecular complexity index is 321. The summed E-state index contributed by atoms with van der Waals surface area (Å²) in [6.45, 7) is 1.90. The molecule has 1 aliphatic heterocycles. The molecule has 0 aromatic heterocycles. The van der Waals surface area contributed by atoms with E-state index < -0.39 is 0 Å². The van der Waals surface area contributed by atoms with E-state index in [0.29, 0.717) is 6.42 Å². The van der Waals surface area contributed by atoms with E-state index in [1.165, 1.54) is 0 Å². The van der Waals surface area contributed by atoms with Gasteiger partial charge >= 0.3 is 0 Å². The molecule has 1 aromatic carbocycles. The summed E-state index contributed by atoms with van der Waals surface area (Å²) in [7, 11) is 0. The van der Waals surface area contributed by atoms with Crippen molar-refractivity contribution in [1.29, 1.82) is 0 Å². The summed E-state index contributed by atoms with van der Waals surface area (Å²) in [4.78, 5) is 6.50. The van der Waals surface area contributed by atoms with E-state index in [1.807, 2.05) is 24.3 Å². The Hall–Kier alpha value is -1.35. The summed E-state index contributed by atoms with van der Waals surface area (Å²) in [6, 6.07) is 10.8. The Morgan fingerprint density at radius 2 is 2.21 bits per heavy atom. The molecule has 0 unspecified atom stereocenters. The molecule has 14 heavy (non-hydrogen) atoms. The highest BCUT2D eigenvalue weighted by Crippen LogP contribution is 2.17. The Balaban J connectivity index is 2.16. The first kappa shape index (κ1) is 9.21. The normalized spacial score (nSPS) is 15.8. The first-order valence-electron chi connectivity index (χ1n) is 4.79. The molecule has 0 amide bonds. The van der Waals surface area contributed by atoms with Gasteiger partial charge in [-0.05, 0) is 18.2 Å². The molecular weight excluding hydrogens is 176 g/mol. The minimum atomic E-state index is 0.161. The van der Waals surface area contributed by atoms with Crippen LogP contribution in [0.5, 0.6) is 0 Å². The molecule has 2 rings (SSSR count). The Morgan fingerprint density at radius 1 is 1.43 bits per heavy atom. The van der Waals surface area contributed by atoms with Gasteiger partial charge in [0.1, 0.15) is 5.84 Å². The standard InChI is InChI=1S/C11H13N2O/c14-9-6-11-12-7-8-13(11)10-4-2-1-3-5-10/h2-5,14H,6-9H2. The molecule has 73 valence electrons. The molecule has 0 spiro atoms. The molecule has 1 aliphatic rings. The molecule has 0 aliphatic carbocycles. The number of nitrogens with zero attached hydrogens (tertiary/aromatic N) is 2. The number of anilines is 1. The van der Waals surface area contributed by atoms with Crippen molar-refractivity contribution in [2.24, 2.45) is 4.99 Å². The van der Waals surface area contributed by atoms with E-state index >= 15 is 0 Å². The highest BCUT2D eigenvalue weighted by molar-refractivity contribution is 5.99. The Labute approximate surface area is 83.7 Å². The third kappa shape index (κ3) is 1.77. The van der Waals surface area contributed by atoms with E-state index in [9.17, 15) is 0 Å². The van der Waals surface area contributed by atoms with Crippen LogP contribution in [0.25, 0.3) is 0 Å². The number of rotatable bonds is 3. The molecule has 0 atom stereocenters. The summed E-state index contributed by atoms with van der Waals surface area (Å²) in [6.07, 6.45) is 0.638. The van der Waals surface area contributed by atoms with Crippen LogP contribution in [0.15, 0.2) is 29.3 Å². The second-order valence-electron chi connectivity index (χ2n) is 3.18. The van der Waals surface area contributed by atoms with Gasteiger partial charge in [0.15, 0.2) is 0 Å². The molecule has 1 N–H and O–H groups in total. The van der Waals surface area contributed by atoms with Crippen LogP contribution < -0.4 is 4.90 Å². The van der Waals surface area contributed by atoms with Gasteiger partial charge in [-0.3, -0.25) is 4.99 Å². The van der Waals surface area contributed by atoms with Crippen molar-refractivity contribution in [3.8, 4) is 0 Å². The molecule has 1 aromatic rings. The molecule has 3 nitrogen and oxygen atoms in total. The van der Waals surface area contributed by atoms with Crippen LogP contribution in [-0.4, -0.2) is 30.6 Å². The quantitative estimate of drug-likeness (QED) is 0.772. The lowest BCUT2D eigenvalue weighted by molar-refractivity contribution is 0.306. The molecule has 0 saturated carbocycles. The monoisotopic (exact) mass is 189 g/mol. The SMILES string of the molecule is OCCC1=NCCN1c1cc[c]cc1. The van der Waals surface area contributed by atoms with Crippen molar-refractivity contribution in [3.05, 3.63) is 30.3 Å².